The summed E-state index contributed by atoms with van der Waals surface area (Å²) in [5.74, 6) is -0.493. The number of ketones is 1. The average molecular weight is 381 g/mol. The maximum Gasteiger partial charge on any atom is 0.336 e. The minimum atomic E-state index is -0.450. The maximum atomic E-state index is 12.9. The molecule has 1 heterocycles. The SMILES string of the molecule is C=CCOC(=O)C1=C(C)N=C2CCCC(=O)C2[C@@H]1c1ccccc1OCCC. The Balaban J connectivity index is 2.13. The average Bonchev–Trinajstić information content (AvgIpc) is 2.70. The van der Waals surface area contributed by atoms with Gasteiger partial charge in [-0.3, -0.25) is 9.79 Å². The van der Waals surface area contributed by atoms with Gasteiger partial charge in [0.2, 0.25) is 0 Å². The van der Waals surface area contributed by atoms with Gasteiger partial charge in [0.05, 0.1) is 18.1 Å². The van der Waals surface area contributed by atoms with Crippen molar-refractivity contribution < 1.29 is 19.1 Å². The van der Waals surface area contributed by atoms with E-state index in [1.54, 1.807) is 0 Å². The topological polar surface area (TPSA) is 65.0 Å². The number of fused-ring (bicyclic) bond motifs is 1. The van der Waals surface area contributed by atoms with Crippen LogP contribution in [-0.4, -0.2) is 30.7 Å². The molecular formula is C23H27NO4. The summed E-state index contributed by atoms with van der Waals surface area (Å²) >= 11 is 0. The second kappa shape index (κ2) is 9.00. The number of para-hydroxylation sites is 1. The molecule has 1 unspecified atom stereocenters. The summed E-state index contributed by atoms with van der Waals surface area (Å²) in [5.41, 5.74) is 2.77. The van der Waals surface area contributed by atoms with Gasteiger partial charge in [-0.1, -0.05) is 37.8 Å². The molecule has 1 fully saturated rings. The summed E-state index contributed by atoms with van der Waals surface area (Å²) in [5, 5.41) is 0. The molecule has 0 amide bonds. The van der Waals surface area contributed by atoms with E-state index < -0.39 is 17.8 Å². The van der Waals surface area contributed by atoms with E-state index in [-0.39, 0.29) is 12.4 Å². The molecule has 0 spiro atoms. The molecule has 0 bridgehead atoms. The van der Waals surface area contributed by atoms with Crippen LogP contribution >= 0.6 is 0 Å². The van der Waals surface area contributed by atoms with Gasteiger partial charge in [-0.05, 0) is 32.3 Å². The molecule has 0 radical (unpaired) electrons. The fourth-order valence-corrected chi connectivity index (χ4v) is 4.01. The van der Waals surface area contributed by atoms with Crippen molar-refractivity contribution in [2.45, 2.75) is 45.4 Å². The number of allylic oxidation sites excluding steroid dienone is 1. The highest BCUT2D eigenvalue weighted by molar-refractivity contribution is 6.11. The highest BCUT2D eigenvalue weighted by atomic mass is 16.5. The fourth-order valence-electron chi connectivity index (χ4n) is 4.01. The van der Waals surface area contributed by atoms with Crippen LogP contribution in [0.2, 0.25) is 0 Å². The van der Waals surface area contributed by atoms with Crippen molar-refractivity contribution in [3.05, 3.63) is 53.8 Å². The van der Waals surface area contributed by atoms with Crippen LogP contribution in [0.25, 0.3) is 0 Å². The Morgan fingerprint density at radius 1 is 1.29 bits per heavy atom. The van der Waals surface area contributed by atoms with Crippen LogP contribution in [0.3, 0.4) is 0 Å². The molecule has 5 heteroatoms. The number of Topliss-reactive ketones (excluding diaryl/α,β-unsaturated/α-hetero) is 1. The van der Waals surface area contributed by atoms with Gasteiger partial charge in [-0.25, -0.2) is 4.79 Å². The molecule has 1 aliphatic carbocycles. The molecule has 0 aromatic heterocycles. The van der Waals surface area contributed by atoms with E-state index in [0.717, 1.165) is 30.5 Å². The Kier molecular flexibility index (Phi) is 6.45. The highest BCUT2D eigenvalue weighted by Crippen LogP contribution is 2.45. The van der Waals surface area contributed by atoms with Gasteiger partial charge >= 0.3 is 5.97 Å². The smallest absolute Gasteiger partial charge is 0.336 e. The number of rotatable bonds is 7. The van der Waals surface area contributed by atoms with Gasteiger partial charge in [0.15, 0.2) is 0 Å². The van der Waals surface area contributed by atoms with E-state index in [1.165, 1.54) is 6.08 Å². The molecule has 28 heavy (non-hydrogen) atoms. The standard InChI is InChI=1S/C23H27NO4/c1-4-13-27-19-12-7-6-9-16(19)21-20(23(26)28-14-5-2)15(3)24-17-10-8-11-18(25)22(17)21/h5-7,9,12,21-22H,2,4,8,10-11,13-14H2,1,3H3/t21-,22?/m1/s1. The Morgan fingerprint density at radius 3 is 2.82 bits per heavy atom. The van der Waals surface area contributed by atoms with Crippen molar-refractivity contribution in [2.75, 3.05) is 13.2 Å². The van der Waals surface area contributed by atoms with Crippen LogP contribution in [0, 0.1) is 5.92 Å². The molecule has 0 saturated heterocycles. The minimum Gasteiger partial charge on any atom is -0.493 e. The van der Waals surface area contributed by atoms with Gasteiger partial charge in [-0.2, -0.15) is 0 Å². The molecular weight excluding hydrogens is 354 g/mol. The molecule has 1 aromatic carbocycles. The van der Waals surface area contributed by atoms with E-state index in [0.29, 0.717) is 30.0 Å². The van der Waals surface area contributed by atoms with Crippen LogP contribution in [0.1, 0.15) is 51.0 Å². The van der Waals surface area contributed by atoms with Crippen molar-refractivity contribution >= 4 is 17.5 Å². The lowest BCUT2D eigenvalue weighted by Crippen LogP contribution is -2.39. The van der Waals surface area contributed by atoms with Gasteiger partial charge < -0.3 is 9.47 Å². The second-order valence-electron chi connectivity index (χ2n) is 7.15. The summed E-state index contributed by atoms with van der Waals surface area (Å²) in [6.07, 6.45) is 4.49. The molecule has 1 aliphatic heterocycles. The summed E-state index contributed by atoms with van der Waals surface area (Å²) in [6, 6.07) is 7.65. The van der Waals surface area contributed by atoms with Crippen molar-refractivity contribution in [3.63, 3.8) is 0 Å². The Labute approximate surface area is 166 Å². The fraction of sp³-hybridized carbons (Fsp3) is 0.435. The van der Waals surface area contributed by atoms with Crippen LogP contribution in [0.5, 0.6) is 5.75 Å². The van der Waals surface area contributed by atoms with E-state index >= 15 is 0 Å². The van der Waals surface area contributed by atoms with Crippen molar-refractivity contribution in [2.24, 2.45) is 10.9 Å². The monoisotopic (exact) mass is 381 g/mol. The van der Waals surface area contributed by atoms with Gasteiger partial charge in [-0.15, -0.1) is 0 Å². The zero-order chi connectivity index (χ0) is 20.1. The number of ether oxygens (including phenoxy) is 2. The van der Waals surface area contributed by atoms with Gasteiger partial charge in [0.25, 0.3) is 0 Å². The number of benzene rings is 1. The van der Waals surface area contributed by atoms with Crippen LogP contribution < -0.4 is 4.74 Å². The number of hydrogen-bond acceptors (Lipinski definition) is 5. The first-order valence-corrected chi connectivity index (χ1v) is 9.89. The molecule has 3 rings (SSSR count). The number of hydrogen-bond donors (Lipinski definition) is 0. The number of aliphatic imine (C=N–C) groups is 1. The number of nitrogens with zero attached hydrogens (tertiary/aromatic N) is 1. The normalized spacial score (nSPS) is 21.6. The summed E-state index contributed by atoms with van der Waals surface area (Å²) in [6.45, 7) is 8.15. The first-order valence-electron chi connectivity index (χ1n) is 9.89. The lowest BCUT2D eigenvalue weighted by atomic mass is 9.69. The second-order valence-corrected chi connectivity index (χ2v) is 7.15. The van der Waals surface area contributed by atoms with Crippen molar-refractivity contribution in [1.82, 2.24) is 0 Å². The molecule has 2 aliphatic rings. The van der Waals surface area contributed by atoms with Gasteiger partial charge in [0.1, 0.15) is 18.1 Å². The quantitative estimate of drug-likeness (QED) is 0.519. The van der Waals surface area contributed by atoms with Crippen LogP contribution in [0.4, 0.5) is 0 Å². The summed E-state index contributed by atoms with van der Waals surface area (Å²) in [7, 11) is 0. The minimum absolute atomic E-state index is 0.117. The largest absolute Gasteiger partial charge is 0.493 e. The number of esters is 1. The Bertz CT molecular complexity index is 837. The van der Waals surface area contributed by atoms with Crippen LogP contribution in [-0.2, 0) is 14.3 Å². The molecule has 2 atom stereocenters. The molecule has 0 N–H and O–H groups in total. The third kappa shape index (κ3) is 3.93. The predicted octanol–water partition coefficient (Wildman–Crippen LogP) is 4.39. The summed E-state index contributed by atoms with van der Waals surface area (Å²) in [4.78, 5) is 30.5. The lowest BCUT2D eigenvalue weighted by Gasteiger charge is -2.36. The number of carbonyl (C=O) groups excluding carboxylic acids is 2. The Hall–Kier alpha value is -2.69. The zero-order valence-electron chi connectivity index (χ0n) is 16.6. The van der Waals surface area contributed by atoms with E-state index in [9.17, 15) is 9.59 Å². The van der Waals surface area contributed by atoms with E-state index in [2.05, 4.69) is 11.6 Å². The summed E-state index contributed by atoms with van der Waals surface area (Å²) < 4.78 is 11.3. The maximum absolute atomic E-state index is 12.9. The number of carbonyl (C=O) groups is 2. The zero-order valence-corrected chi connectivity index (χ0v) is 16.6. The molecule has 1 saturated carbocycles. The van der Waals surface area contributed by atoms with Crippen molar-refractivity contribution in [1.29, 1.82) is 0 Å². The lowest BCUT2D eigenvalue weighted by molar-refractivity contribution is -0.138. The van der Waals surface area contributed by atoms with Crippen LogP contribution in [0.15, 0.2) is 53.2 Å². The highest BCUT2D eigenvalue weighted by Gasteiger charge is 2.44. The first-order chi connectivity index (χ1) is 13.6. The first kappa shape index (κ1) is 20.1. The molecule has 1 aromatic rings. The predicted molar refractivity (Wildman–Crippen MR) is 109 cm³/mol. The van der Waals surface area contributed by atoms with E-state index in [4.69, 9.17) is 9.47 Å². The molecule has 148 valence electrons. The van der Waals surface area contributed by atoms with Crippen molar-refractivity contribution in [3.8, 4) is 5.75 Å². The van der Waals surface area contributed by atoms with Gasteiger partial charge in [0, 0.05) is 29.3 Å². The molecule has 5 nitrogen and oxygen atoms in total. The third-order valence-electron chi connectivity index (χ3n) is 5.18. The third-order valence-corrected chi connectivity index (χ3v) is 5.18. The Morgan fingerprint density at radius 2 is 2.07 bits per heavy atom. The van der Waals surface area contributed by atoms with E-state index in [1.807, 2.05) is 38.1 Å².